The topological polar surface area (TPSA) is 77.8 Å². The Kier molecular flexibility index (Phi) is 3.46. The normalized spacial score (nSPS) is 24.0. The fourth-order valence-electron chi connectivity index (χ4n) is 1.72. The maximum absolute atomic E-state index is 11.4. The predicted octanol–water partition coefficient (Wildman–Crippen LogP) is -0.310. The Morgan fingerprint density at radius 2 is 2.36 bits per heavy atom. The molecule has 5 heteroatoms. The molecule has 1 heterocycles. The lowest BCUT2D eigenvalue weighted by Crippen LogP contribution is -2.36. The van der Waals surface area contributed by atoms with Gasteiger partial charge >= 0.3 is 5.97 Å². The van der Waals surface area contributed by atoms with Crippen LogP contribution in [0, 0.1) is 5.92 Å². The number of carboxylic acids is 1. The van der Waals surface area contributed by atoms with E-state index in [1.54, 1.807) is 6.92 Å². The summed E-state index contributed by atoms with van der Waals surface area (Å²) in [5.74, 6) is -0.991. The molecule has 80 valence electrons. The second-order valence-corrected chi connectivity index (χ2v) is 3.75. The first-order valence-electron chi connectivity index (χ1n) is 4.66. The Morgan fingerprint density at radius 3 is 2.79 bits per heavy atom. The highest BCUT2D eigenvalue weighted by Crippen LogP contribution is 2.20. The average molecular weight is 201 g/mol. The van der Waals surface area contributed by atoms with Gasteiger partial charge in [0.2, 0.25) is 5.91 Å². The van der Waals surface area contributed by atoms with E-state index >= 15 is 0 Å². The van der Waals surface area contributed by atoms with E-state index in [9.17, 15) is 9.59 Å². The SMILES string of the molecule is CC(CC(=O)O)N1CC(CO)CC1=O. The first-order chi connectivity index (χ1) is 6.54. The van der Waals surface area contributed by atoms with Crippen molar-refractivity contribution >= 4 is 11.9 Å². The van der Waals surface area contributed by atoms with Gasteiger partial charge in [-0.2, -0.15) is 0 Å². The van der Waals surface area contributed by atoms with Gasteiger partial charge in [-0.25, -0.2) is 0 Å². The number of hydrogen-bond acceptors (Lipinski definition) is 3. The maximum atomic E-state index is 11.4. The van der Waals surface area contributed by atoms with Crippen LogP contribution in [-0.4, -0.2) is 46.2 Å². The van der Waals surface area contributed by atoms with Crippen molar-refractivity contribution in [1.82, 2.24) is 4.90 Å². The lowest BCUT2D eigenvalue weighted by molar-refractivity contribution is -0.139. The summed E-state index contributed by atoms with van der Waals surface area (Å²) in [6.07, 6.45) is 0.296. The Hall–Kier alpha value is -1.10. The number of carboxylic acid groups (broad SMARTS) is 1. The zero-order chi connectivity index (χ0) is 10.7. The van der Waals surface area contributed by atoms with E-state index in [0.29, 0.717) is 13.0 Å². The van der Waals surface area contributed by atoms with Crippen LogP contribution in [0.3, 0.4) is 0 Å². The van der Waals surface area contributed by atoms with E-state index in [0.717, 1.165) is 0 Å². The standard InChI is InChI=1S/C9H15NO4/c1-6(2-9(13)14)10-4-7(5-11)3-8(10)12/h6-7,11H,2-5H2,1H3,(H,13,14). The van der Waals surface area contributed by atoms with Gasteiger partial charge in [-0.15, -0.1) is 0 Å². The van der Waals surface area contributed by atoms with Crippen molar-refractivity contribution in [3.63, 3.8) is 0 Å². The molecule has 1 aliphatic rings. The number of rotatable bonds is 4. The molecule has 0 aromatic heterocycles. The van der Waals surface area contributed by atoms with Crippen molar-refractivity contribution in [3.8, 4) is 0 Å². The van der Waals surface area contributed by atoms with E-state index in [1.807, 2.05) is 0 Å². The molecule has 0 bridgehead atoms. The monoisotopic (exact) mass is 201 g/mol. The second-order valence-electron chi connectivity index (χ2n) is 3.75. The third kappa shape index (κ3) is 2.45. The molecule has 0 saturated carbocycles. The van der Waals surface area contributed by atoms with Gasteiger partial charge in [0.1, 0.15) is 0 Å². The van der Waals surface area contributed by atoms with Gasteiger partial charge in [0.15, 0.2) is 0 Å². The van der Waals surface area contributed by atoms with Crippen LogP contribution in [0.15, 0.2) is 0 Å². The van der Waals surface area contributed by atoms with E-state index in [1.165, 1.54) is 4.90 Å². The number of aliphatic hydroxyl groups is 1. The van der Waals surface area contributed by atoms with Crippen LogP contribution in [-0.2, 0) is 9.59 Å². The molecule has 1 saturated heterocycles. The molecule has 2 N–H and O–H groups in total. The fraction of sp³-hybridized carbons (Fsp3) is 0.778. The fourth-order valence-corrected chi connectivity index (χ4v) is 1.72. The molecule has 0 aromatic carbocycles. The maximum Gasteiger partial charge on any atom is 0.305 e. The highest BCUT2D eigenvalue weighted by Gasteiger charge is 2.32. The van der Waals surface area contributed by atoms with Crippen LogP contribution in [0.2, 0.25) is 0 Å². The number of aliphatic carboxylic acids is 1. The molecule has 14 heavy (non-hydrogen) atoms. The summed E-state index contributed by atoms with van der Waals surface area (Å²) >= 11 is 0. The molecular weight excluding hydrogens is 186 g/mol. The van der Waals surface area contributed by atoms with Gasteiger partial charge < -0.3 is 15.1 Å². The Morgan fingerprint density at radius 1 is 1.71 bits per heavy atom. The van der Waals surface area contributed by atoms with Crippen LogP contribution in [0.1, 0.15) is 19.8 Å². The summed E-state index contributed by atoms with van der Waals surface area (Å²) in [4.78, 5) is 23.4. The van der Waals surface area contributed by atoms with Crippen molar-refractivity contribution in [2.75, 3.05) is 13.2 Å². The quantitative estimate of drug-likeness (QED) is 0.654. The molecule has 5 nitrogen and oxygen atoms in total. The van der Waals surface area contributed by atoms with Gasteiger partial charge in [0, 0.05) is 31.5 Å². The van der Waals surface area contributed by atoms with Crippen LogP contribution >= 0.6 is 0 Å². The number of amides is 1. The lowest BCUT2D eigenvalue weighted by atomic mass is 10.1. The minimum atomic E-state index is -0.905. The molecule has 1 aliphatic heterocycles. The van der Waals surface area contributed by atoms with Crippen molar-refractivity contribution in [2.45, 2.75) is 25.8 Å². The van der Waals surface area contributed by atoms with Crippen LogP contribution in [0.25, 0.3) is 0 Å². The van der Waals surface area contributed by atoms with Crippen LogP contribution < -0.4 is 0 Å². The summed E-state index contributed by atoms with van der Waals surface area (Å²) in [5, 5.41) is 17.4. The van der Waals surface area contributed by atoms with E-state index < -0.39 is 5.97 Å². The summed E-state index contributed by atoms with van der Waals surface area (Å²) < 4.78 is 0. The van der Waals surface area contributed by atoms with E-state index in [4.69, 9.17) is 10.2 Å². The summed E-state index contributed by atoms with van der Waals surface area (Å²) in [6.45, 7) is 2.18. The summed E-state index contributed by atoms with van der Waals surface area (Å²) in [5.41, 5.74) is 0. The number of likely N-dealkylation sites (tertiary alicyclic amines) is 1. The molecule has 2 unspecified atom stereocenters. The van der Waals surface area contributed by atoms with E-state index in [2.05, 4.69) is 0 Å². The van der Waals surface area contributed by atoms with Gasteiger partial charge in [0.25, 0.3) is 0 Å². The highest BCUT2D eigenvalue weighted by molar-refractivity contribution is 5.79. The molecule has 1 amide bonds. The van der Waals surface area contributed by atoms with Gasteiger partial charge in [-0.05, 0) is 6.92 Å². The number of carbonyl (C=O) groups excluding carboxylic acids is 1. The molecule has 0 aromatic rings. The molecule has 0 aliphatic carbocycles. The average Bonchev–Trinajstić information content (AvgIpc) is 2.45. The zero-order valence-corrected chi connectivity index (χ0v) is 8.14. The smallest absolute Gasteiger partial charge is 0.305 e. The molecule has 0 spiro atoms. The van der Waals surface area contributed by atoms with Crippen molar-refractivity contribution in [3.05, 3.63) is 0 Å². The third-order valence-electron chi connectivity index (χ3n) is 2.50. The molecule has 2 atom stereocenters. The van der Waals surface area contributed by atoms with Gasteiger partial charge in [0.05, 0.1) is 6.42 Å². The van der Waals surface area contributed by atoms with Crippen molar-refractivity contribution < 1.29 is 19.8 Å². The van der Waals surface area contributed by atoms with E-state index in [-0.39, 0.29) is 30.9 Å². The molecule has 1 rings (SSSR count). The lowest BCUT2D eigenvalue weighted by Gasteiger charge is -2.23. The number of aliphatic hydroxyl groups excluding tert-OH is 1. The second kappa shape index (κ2) is 4.41. The van der Waals surface area contributed by atoms with Crippen molar-refractivity contribution in [1.29, 1.82) is 0 Å². The van der Waals surface area contributed by atoms with Crippen LogP contribution in [0.4, 0.5) is 0 Å². The minimum absolute atomic E-state index is 0.0119. The van der Waals surface area contributed by atoms with Crippen molar-refractivity contribution in [2.24, 2.45) is 5.92 Å². The molecule has 1 fully saturated rings. The Labute approximate surface area is 82.3 Å². The number of nitrogens with zero attached hydrogens (tertiary/aromatic N) is 1. The largest absolute Gasteiger partial charge is 0.481 e. The van der Waals surface area contributed by atoms with Gasteiger partial charge in [-0.3, -0.25) is 9.59 Å². The Bertz CT molecular complexity index is 241. The Balaban J connectivity index is 2.52. The van der Waals surface area contributed by atoms with Crippen LogP contribution in [0.5, 0.6) is 0 Å². The highest BCUT2D eigenvalue weighted by atomic mass is 16.4. The number of hydrogen-bond donors (Lipinski definition) is 2. The predicted molar refractivity (Wildman–Crippen MR) is 48.6 cm³/mol. The zero-order valence-electron chi connectivity index (χ0n) is 8.14. The summed E-state index contributed by atoms with van der Waals surface area (Å²) in [6, 6.07) is -0.281. The minimum Gasteiger partial charge on any atom is -0.481 e. The first kappa shape index (κ1) is 11.0. The third-order valence-corrected chi connectivity index (χ3v) is 2.50. The molecule has 0 radical (unpaired) electrons. The number of carbonyl (C=O) groups is 2. The van der Waals surface area contributed by atoms with Gasteiger partial charge in [-0.1, -0.05) is 0 Å². The summed E-state index contributed by atoms with van der Waals surface area (Å²) in [7, 11) is 0. The first-order valence-corrected chi connectivity index (χ1v) is 4.66. The molecular formula is C9H15NO4.